The summed E-state index contributed by atoms with van der Waals surface area (Å²) in [6, 6.07) is 0. The van der Waals surface area contributed by atoms with Gasteiger partial charge in [0.05, 0.1) is 0 Å². The Hall–Kier alpha value is -4.71. The van der Waals surface area contributed by atoms with Crippen molar-refractivity contribution in [1.29, 1.82) is 0 Å². The second-order valence-corrected chi connectivity index (χ2v) is 16.7. The average Bonchev–Trinajstić information content (AvgIpc) is 3.33. The van der Waals surface area contributed by atoms with Gasteiger partial charge in [-0.1, -0.05) is 199 Å². The van der Waals surface area contributed by atoms with Gasteiger partial charge in [0.25, 0.3) is 0 Å². The molecule has 6 nitrogen and oxygen atoms in total. The van der Waals surface area contributed by atoms with Crippen LogP contribution in [0.1, 0.15) is 201 Å². The summed E-state index contributed by atoms with van der Waals surface area (Å²) in [7, 11) is 0. The van der Waals surface area contributed by atoms with E-state index in [0.717, 1.165) is 96.3 Å². The second kappa shape index (κ2) is 53.9. The van der Waals surface area contributed by atoms with E-state index >= 15 is 0 Å². The highest BCUT2D eigenvalue weighted by molar-refractivity contribution is 5.71. The maximum Gasteiger partial charge on any atom is 0.306 e. The van der Waals surface area contributed by atoms with Crippen molar-refractivity contribution in [2.75, 3.05) is 13.2 Å². The number of carbonyl (C=O) groups excluding carboxylic acids is 3. The summed E-state index contributed by atoms with van der Waals surface area (Å²) in [6.07, 6.45) is 77.0. The number of allylic oxidation sites excluding steroid dienone is 24. The molecule has 6 heteroatoms. The van der Waals surface area contributed by atoms with E-state index in [1.165, 1.54) is 44.9 Å². The molecule has 0 amide bonds. The van der Waals surface area contributed by atoms with Crippen LogP contribution in [0.15, 0.2) is 146 Å². The number of esters is 3. The normalized spacial score (nSPS) is 13.3. The molecule has 0 aliphatic heterocycles. The molecule has 0 radical (unpaired) electrons. The van der Waals surface area contributed by atoms with Crippen LogP contribution in [0.3, 0.4) is 0 Å². The number of hydrogen-bond acceptors (Lipinski definition) is 6. The largest absolute Gasteiger partial charge is 0.462 e. The summed E-state index contributed by atoms with van der Waals surface area (Å²) in [5.41, 5.74) is 0. The van der Waals surface area contributed by atoms with E-state index in [2.05, 4.69) is 167 Å². The molecule has 0 aliphatic rings. The SMILES string of the molecule is CC/C=C\C/C=C\C/C=C\C/C=C\C/C=C\CCCC(=O)O[C@@H](COC(=O)CCC/C=C\C/C=C\C/C=C\CCCCCCCC)COC(=O)CCCC/C=C\C/C=C\C/C=C\C/C=C\CC. The zero-order valence-corrected chi connectivity index (χ0v) is 42.6. The first-order valence-corrected chi connectivity index (χ1v) is 26.3. The van der Waals surface area contributed by atoms with Crippen LogP contribution in [0.2, 0.25) is 0 Å². The molecule has 0 unspecified atom stereocenters. The van der Waals surface area contributed by atoms with Gasteiger partial charge in [-0.2, -0.15) is 0 Å². The molecule has 0 aromatic rings. The topological polar surface area (TPSA) is 78.9 Å². The molecule has 0 fully saturated rings. The molecule has 67 heavy (non-hydrogen) atoms. The summed E-state index contributed by atoms with van der Waals surface area (Å²) in [5.74, 6) is -1.11. The van der Waals surface area contributed by atoms with Gasteiger partial charge in [-0.15, -0.1) is 0 Å². The fraction of sp³-hybridized carbons (Fsp3) is 0.557. The van der Waals surface area contributed by atoms with Gasteiger partial charge in [0, 0.05) is 19.3 Å². The third kappa shape index (κ3) is 52.1. The number of carbonyl (C=O) groups is 3. The lowest BCUT2D eigenvalue weighted by molar-refractivity contribution is -0.167. The van der Waals surface area contributed by atoms with Crippen LogP contribution in [-0.4, -0.2) is 37.2 Å². The van der Waals surface area contributed by atoms with Gasteiger partial charge >= 0.3 is 17.9 Å². The van der Waals surface area contributed by atoms with Crippen LogP contribution in [-0.2, 0) is 28.6 Å². The van der Waals surface area contributed by atoms with E-state index in [1.54, 1.807) is 0 Å². The van der Waals surface area contributed by atoms with Crippen molar-refractivity contribution in [1.82, 2.24) is 0 Å². The summed E-state index contributed by atoms with van der Waals surface area (Å²) in [4.78, 5) is 38.0. The van der Waals surface area contributed by atoms with Crippen LogP contribution in [0, 0.1) is 0 Å². The first-order valence-electron chi connectivity index (χ1n) is 26.3. The van der Waals surface area contributed by atoms with Crippen LogP contribution in [0.25, 0.3) is 0 Å². The van der Waals surface area contributed by atoms with Crippen molar-refractivity contribution in [3.05, 3.63) is 146 Å². The number of ether oxygens (including phenoxy) is 3. The highest BCUT2D eigenvalue weighted by atomic mass is 16.6. The minimum absolute atomic E-state index is 0.144. The Morgan fingerprint density at radius 2 is 0.597 bits per heavy atom. The Labute approximate surface area is 410 Å². The molecule has 0 rings (SSSR count). The summed E-state index contributed by atoms with van der Waals surface area (Å²) >= 11 is 0. The standard InChI is InChI=1S/C61H94O6/c1-4-7-10-13-16-19-22-25-28-30-33-36-39-42-45-48-51-54-60(63)66-57-58(56-65-59(62)53-50-47-44-41-38-35-32-27-24-21-18-15-12-9-6-3)67-61(64)55-52-49-46-43-40-37-34-31-29-26-23-20-17-14-11-8-5-2/h8-9,11-12,17-18,20-21,25-29,32-34,36-38,41-43,45-46,58H,4-7,10,13-16,19,22-24,30-31,35,39-40,44,47-57H2,1-3H3/b11-8-,12-9-,20-17-,21-18-,28-25-,29-26-,32-27-,36-33-,37-34-,41-38-,45-42-,46-43-/t58-/m1/s1. The molecular formula is C61H94O6. The molecule has 0 aromatic heterocycles. The maximum atomic E-state index is 12.8. The molecule has 0 saturated heterocycles. The van der Waals surface area contributed by atoms with Gasteiger partial charge in [0.1, 0.15) is 13.2 Å². The summed E-state index contributed by atoms with van der Waals surface area (Å²) in [5, 5.41) is 0. The Balaban J connectivity index is 4.65. The molecule has 0 heterocycles. The zero-order chi connectivity index (χ0) is 48.6. The van der Waals surface area contributed by atoms with Gasteiger partial charge in [0.15, 0.2) is 6.10 Å². The van der Waals surface area contributed by atoms with Crippen LogP contribution >= 0.6 is 0 Å². The molecule has 0 spiro atoms. The highest BCUT2D eigenvalue weighted by Crippen LogP contribution is 2.10. The van der Waals surface area contributed by atoms with Crippen LogP contribution in [0.5, 0.6) is 0 Å². The third-order valence-electron chi connectivity index (χ3n) is 10.3. The Bertz CT molecular complexity index is 1530. The van der Waals surface area contributed by atoms with E-state index in [1.807, 2.05) is 0 Å². The van der Waals surface area contributed by atoms with Crippen LogP contribution in [0.4, 0.5) is 0 Å². The van der Waals surface area contributed by atoms with Crippen molar-refractivity contribution in [2.45, 2.75) is 207 Å². The third-order valence-corrected chi connectivity index (χ3v) is 10.3. The van der Waals surface area contributed by atoms with E-state index in [4.69, 9.17) is 14.2 Å². The fourth-order valence-corrected chi connectivity index (χ4v) is 6.42. The number of rotatable bonds is 45. The number of hydrogen-bond donors (Lipinski definition) is 0. The predicted octanol–water partition coefficient (Wildman–Crippen LogP) is 17.6. The lowest BCUT2D eigenvalue weighted by Gasteiger charge is -2.18. The van der Waals surface area contributed by atoms with Crippen molar-refractivity contribution in [3.63, 3.8) is 0 Å². The van der Waals surface area contributed by atoms with E-state index in [-0.39, 0.29) is 44.4 Å². The molecule has 0 aliphatic carbocycles. The first-order chi connectivity index (χ1) is 33.0. The van der Waals surface area contributed by atoms with Gasteiger partial charge in [-0.25, -0.2) is 0 Å². The van der Waals surface area contributed by atoms with Gasteiger partial charge in [-0.05, 0) is 128 Å². The highest BCUT2D eigenvalue weighted by Gasteiger charge is 2.19. The van der Waals surface area contributed by atoms with Gasteiger partial charge < -0.3 is 14.2 Å². The monoisotopic (exact) mass is 923 g/mol. The van der Waals surface area contributed by atoms with Crippen molar-refractivity contribution in [3.8, 4) is 0 Å². The van der Waals surface area contributed by atoms with E-state index < -0.39 is 12.1 Å². The Morgan fingerprint density at radius 3 is 0.970 bits per heavy atom. The average molecular weight is 923 g/mol. The minimum atomic E-state index is -0.851. The van der Waals surface area contributed by atoms with E-state index in [9.17, 15) is 14.4 Å². The second-order valence-electron chi connectivity index (χ2n) is 16.7. The van der Waals surface area contributed by atoms with Crippen LogP contribution < -0.4 is 0 Å². The molecule has 0 bridgehead atoms. The van der Waals surface area contributed by atoms with Gasteiger partial charge in [-0.3, -0.25) is 14.4 Å². The Morgan fingerprint density at radius 1 is 0.313 bits per heavy atom. The first kappa shape index (κ1) is 62.3. The van der Waals surface area contributed by atoms with E-state index in [0.29, 0.717) is 19.3 Å². The van der Waals surface area contributed by atoms with Crippen molar-refractivity contribution >= 4 is 17.9 Å². The molecular weight excluding hydrogens is 829 g/mol. The molecule has 0 aromatic carbocycles. The lowest BCUT2D eigenvalue weighted by Crippen LogP contribution is -2.30. The minimum Gasteiger partial charge on any atom is -0.462 e. The smallest absolute Gasteiger partial charge is 0.306 e. The fourth-order valence-electron chi connectivity index (χ4n) is 6.42. The summed E-state index contributed by atoms with van der Waals surface area (Å²) in [6.45, 7) is 6.25. The van der Waals surface area contributed by atoms with Crippen molar-refractivity contribution in [2.24, 2.45) is 0 Å². The quantitative estimate of drug-likeness (QED) is 0.0262. The maximum absolute atomic E-state index is 12.8. The lowest BCUT2D eigenvalue weighted by atomic mass is 10.1. The summed E-state index contributed by atoms with van der Waals surface area (Å²) < 4.78 is 16.7. The molecule has 1 atom stereocenters. The number of unbranched alkanes of at least 4 members (excludes halogenated alkanes) is 10. The molecule has 0 N–H and O–H groups in total. The molecule has 0 saturated carbocycles. The molecule has 374 valence electrons. The van der Waals surface area contributed by atoms with Crippen molar-refractivity contribution < 1.29 is 28.6 Å². The predicted molar refractivity (Wildman–Crippen MR) is 288 cm³/mol. The zero-order valence-electron chi connectivity index (χ0n) is 42.6. The van der Waals surface area contributed by atoms with Gasteiger partial charge in [0.2, 0.25) is 0 Å². The Kier molecular flexibility index (Phi) is 50.1.